The summed E-state index contributed by atoms with van der Waals surface area (Å²) in [6.45, 7) is 1.62. The minimum Gasteiger partial charge on any atom is -0.351 e. The lowest BCUT2D eigenvalue weighted by molar-refractivity contribution is 0.259. The Morgan fingerprint density at radius 1 is 1.05 bits per heavy atom. The van der Waals surface area contributed by atoms with Crippen LogP contribution in [0.2, 0.25) is 0 Å². The van der Waals surface area contributed by atoms with Crippen molar-refractivity contribution in [3.8, 4) is 11.1 Å². The molecule has 1 radical (unpaired) electrons. The molecule has 103 valence electrons. The van der Waals surface area contributed by atoms with E-state index < -0.39 is 12.5 Å². The van der Waals surface area contributed by atoms with E-state index in [1.54, 1.807) is 43.3 Å². The summed E-state index contributed by atoms with van der Waals surface area (Å²) in [6.07, 6.45) is -1.73. The van der Waals surface area contributed by atoms with Gasteiger partial charge in [-0.25, -0.2) is 4.79 Å². The molecule has 0 bridgehead atoms. The molecule has 2 aromatic carbocycles. The van der Waals surface area contributed by atoms with E-state index in [9.17, 15) is 13.6 Å². The lowest BCUT2D eigenvalue weighted by Gasteiger charge is -2.14. The molecule has 0 atom stereocenters. The first kappa shape index (κ1) is 14.0. The third kappa shape index (κ3) is 2.77. The molecule has 0 aliphatic carbocycles. The zero-order valence-electron chi connectivity index (χ0n) is 10.8. The van der Waals surface area contributed by atoms with Crippen LogP contribution in [0.4, 0.5) is 19.3 Å². The summed E-state index contributed by atoms with van der Waals surface area (Å²) in [5.74, 6) is 0. The van der Waals surface area contributed by atoms with Crippen LogP contribution in [0.5, 0.6) is 0 Å². The van der Waals surface area contributed by atoms with Crippen molar-refractivity contribution in [3.05, 3.63) is 60.0 Å². The van der Waals surface area contributed by atoms with Crippen LogP contribution in [0, 0.1) is 13.3 Å². The monoisotopic (exact) mass is 275 g/mol. The van der Waals surface area contributed by atoms with Crippen molar-refractivity contribution in [1.29, 1.82) is 0 Å². The van der Waals surface area contributed by atoms with Gasteiger partial charge < -0.3 is 11.1 Å². The van der Waals surface area contributed by atoms with Crippen molar-refractivity contribution in [1.82, 2.24) is 0 Å². The molecule has 20 heavy (non-hydrogen) atoms. The smallest absolute Gasteiger partial charge is 0.340 e. The van der Waals surface area contributed by atoms with E-state index in [2.05, 4.69) is 5.32 Å². The number of primary amides is 1. The number of carbonyl (C=O) groups is 1. The summed E-state index contributed by atoms with van der Waals surface area (Å²) < 4.78 is 25.7. The highest BCUT2D eigenvalue weighted by Gasteiger charge is 2.17. The Morgan fingerprint density at radius 2 is 1.70 bits per heavy atom. The first-order valence-electron chi connectivity index (χ1n) is 5.94. The summed E-state index contributed by atoms with van der Waals surface area (Å²) in [7, 11) is 0. The van der Waals surface area contributed by atoms with Gasteiger partial charge in [-0.15, -0.1) is 0 Å². The van der Waals surface area contributed by atoms with E-state index in [1.165, 1.54) is 6.07 Å². The maximum atomic E-state index is 12.9. The van der Waals surface area contributed by atoms with Crippen molar-refractivity contribution in [2.45, 2.75) is 6.92 Å². The normalized spacial score (nSPS) is 10.6. The Kier molecular flexibility index (Phi) is 3.98. The van der Waals surface area contributed by atoms with Gasteiger partial charge in [0.25, 0.3) is 0 Å². The van der Waals surface area contributed by atoms with Crippen LogP contribution in [0.15, 0.2) is 42.5 Å². The van der Waals surface area contributed by atoms with Gasteiger partial charge in [-0.1, -0.05) is 36.4 Å². The Labute approximate surface area is 115 Å². The van der Waals surface area contributed by atoms with Crippen molar-refractivity contribution < 1.29 is 13.6 Å². The summed E-state index contributed by atoms with van der Waals surface area (Å²) in [6, 6.07) is 10.8. The molecule has 0 aliphatic heterocycles. The number of hydrogen-bond acceptors (Lipinski definition) is 1. The number of urea groups is 1. The maximum absolute atomic E-state index is 12.9. The lowest BCUT2D eigenvalue weighted by atomic mass is 9.95. The van der Waals surface area contributed by atoms with Gasteiger partial charge in [-0.2, -0.15) is 8.78 Å². The van der Waals surface area contributed by atoms with Crippen molar-refractivity contribution >= 4 is 11.7 Å². The second kappa shape index (κ2) is 5.69. The Balaban J connectivity index is 2.57. The zero-order valence-corrected chi connectivity index (χ0v) is 10.8. The molecule has 0 fully saturated rings. The van der Waals surface area contributed by atoms with Gasteiger partial charge in [-0.3, -0.25) is 0 Å². The molecule has 0 aliphatic rings. The van der Waals surface area contributed by atoms with Gasteiger partial charge in [-0.05, 0) is 24.1 Å². The van der Waals surface area contributed by atoms with Crippen LogP contribution < -0.4 is 11.1 Å². The highest BCUT2D eigenvalue weighted by Crippen LogP contribution is 2.34. The fourth-order valence-corrected chi connectivity index (χ4v) is 2.09. The Hall–Kier alpha value is -2.43. The van der Waals surface area contributed by atoms with E-state index in [0.29, 0.717) is 22.4 Å². The number of amides is 2. The van der Waals surface area contributed by atoms with Gasteiger partial charge in [0.05, 0.1) is 5.69 Å². The standard InChI is InChI=1S/C15H13F2N2O/c1-9-10(6-4-7-11(9)14(16)17)12-5-2-3-8-13(12)19-15(18)20/h2-8H,1H3,(H3,18,19,20). The zero-order chi connectivity index (χ0) is 14.7. The van der Waals surface area contributed by atoms with E-state index in [1.807, 2.05) is 0 Å². The molecular formula is C15H13F2N2O. The van der Waals surface area contributed by atoms with Gasteiger partial charge in [0, 0.05) is 11.1 Å². The molecule has 0 spiro atoms. The average molecular weight is 275 g/mol. The average Bonchev–Trinajstić information content (AvgIpc) is 2.39. The predicted octanol–water partition coefficient (Wildman–Crippen LogP) is 3.93. The number of rotatable bonds is 3. The second-order valence-electron chi connectivity index (χ2n) is 4.27. The summed E-state index contributed by atoms with van der Waals surface area (Å²) >= 11 is 0. The molecular weight excluding hydrogens is 262 g/mol. The Morgan fingerprint density at radius 3 is 2.35 bits per heavy atom. The molecule has 0 aromatic heterocycles. The minimum atomic E-state index is -1.73. The van der Waals surface area contributed by atoms with E-state index in [4.69, 9.17) is 5.73 Å². The largest absolute Gasteiger partial charge is 0.351 e. The topological polar surface area (TPSA) is 55.1 Å². The fourth-order valence-electron chi connectivity index (χ4n) is 2.09. The van der Waals surface area contributed by atoms with Crippen LogP contribution in [0.25, 0.3) is 11.1 Å². The quantitative estimate of drug-likeness (QED) is 0.876. The molecule has 0 heterocycles. The van der Waals surface area contributed by atoms with E-state index >= 15 is 0 Å². The van der Waals surface area contributed by atoms with E-state index in [-0.39, 0.29) is 5.56 Å². The molecule has 5 heteroatoms. The molecule has 2 rings (SSSR count). The Bertz CT molecular complexity index is 642. The molecule has 0 saturated carbocycles. The number of carbonyl (C=O) groups excluding carboxylic acids is 1. The summed E-state index contributed by atoms with van der Waals surface area (Å²) in [5.41, 5.74) is 7.22. The maximum Gasteiger partial charge on any atom is 0.340 e. The van der Waals surface area contributed by atoms with Crippen LogP contribution in [0.1, 0.15) is 11.1 Å². The number of halogens is 2. The summed E-state index contributed by atoms with van der Waals surface area (Å²) in [5, 5.41) is 2.49. The number of nitrogens with one attached hydrogen (secondary N) is 1. The SMILES string of the molecule is Cc1c([C](F)F)cccc1-c1ccccc1NC(N)=O. The van der Waals surface area contributed by atoms with Crippen molar-refractivity contribution in [2.75, 3.05) is 5.32 Å². The molecule has 0 unspecified atom stereocenters. The highest BCUT2D eigenvalue weighted by atomic mass is 19.3. The molecule has 2 amide bonds. The van der Waals surface area contributed by atoms with Gasteiger partial charge in [0.1, 0.15) is 0 Å². The van der Waals surface area contributed by atoms with Gasteiger partial charge in [0.15, 0.2) is 0 Å². The van der Waals surface area contributed by atoms with Crippen LogP contribution in [-0.2, 0) is 0 Å². The molecule has 3 nitrogen and oxygen atoms in total. The third-order valence-electron chi connectivity index (χ3n) is 3.01. The van der Waals surface area contributed by atoms with Crippen molar-refractivity contribution in [3.63, 3.8) is 0 Å². The van der Waals surface area contributed by atoms with Gasteiger partial charge >= 0.3 is 12.5 Å². The van der Waals surface area contributed by atoms with Crippen LogP contribution in [-0.4, -0.2) is 6.03 Å². The molecule has 2 aromatic rings. The van der Waals surface area contributed by atoms with Crippen LogP contribution >= 0.6 is 0 Å². The highest BCUT2D eigenvalue weighted by molar-refractivity contribution is 5.94. The first-order chi connectivity index (χ1) is 9.50. The summed E-state index contributed by atoms with van der Waals surface area (Å²) in [4.78, 5) is 11.0. The number of para-hydroxylation sites is 1. The fraction of sp³-hybridized carbons (Fsp3) is 0.0667. The predicted molar refractivity (Wildman–Crippen MR) is 74.4 cm³/mol. The first-order valence-corrected chi connectivity index (χ1v) is 5.94. The number of anilines is 1. The lowest BCUT2D eigenvalue weighted by Crippen LogP contribution is -2.19. The van der Waals surface area contributed by atoms with E-state index in [0.717, 1.165) is 0 Å². The van der Waals surface area contributed by atoms with Crippen LogP contribution in [0.3, 0.4) is 0 Å². The number of nitrogens with two attached hydrogens (primary N) is 1. The minimum absolute atomic E-state index is 0.101. The number of hydrogen-bond donors (Lipinski definition) is 2. The number of benzene rings is 2. The van der Waals surface area contributed by atoms with Gasteiger partial charge in [0.2, 0.25) is 0 Å². The molecule has 0 saturated heterocycles. The second-order valence-corrected chi connectivity index (χ2v) is 4.27. The molecule has 3 N–H and O–H groups in total. The third-order valence-corrected chi connectivity index (χ3v) is 3.01. The van der Waals surface area contributed by atoms with Crippen molar-refractivity contribution in [2.24, 2.45) is 5.73 Å².